The number of carbonyl (C=O) groups excluding carboxylic acids is 1. The van der Waals surface area contributed by atoms with Crippen LogP contribution in [0.4, 0.5) is 0 Å². The topological polar surface area (TPSA) is 92.5 Å². The molecule has 6 nitrogen and oxygen atoms in total. The third kappa shape index (κ3) is 5.99. The summed E-state index contributed by atoms with van der Waals surface area (Å²) in [4.78, 5) is 11.7. The van der Waals surface area contributed by atoms with Gasteiger partial charge in [0.25, 0.3) is 0 Å². The van der Waals surface area contributed by atoms with E-state index in [1.54, 1.807) is 11.8 Å². The molecule has 20 heavy (non-hydrogen) atoms. The van der Waals surface area contributed by atoms with Crippen molar-refractivity contribution in [1.29, 1.82) is 0 Å². The van der Waals surface area contributed by atoms with E-state index in [1.807, 2.05) is 13.8 Å². The molecule has 118 valence electrons. The lowest BCUT2D eigenvalue weighted by Gasteiger charge is -2.25. The third-order valence-electron chi connectivity index (χ3n) is 3.08. The van der Waals surface area contributed by atoms with E-state index in [2.05, 4.69) is 5.32 Å². The minimum Gasteiger partial charge on any atom is -0.354 e. The van der Waals surface area contributed by atoms with Crippen LogP contribution < -0.4 is 11.1 Å². The molecule has 1 amide bonds. The minimum atomic E-state index is -3.26. The van der Waals surface area contributed by atoms with Crippen LogP contribution in [0.2, 0.25) is 0 Å². The zero-order valence-electron chi connectivity index (χ0n) is 12.2. The Kier molecular flexibility index (Phi) is 7.28. The lowest BCUT2D eigenvalue weighted by atomic mass is 10.0. The smallest absolute Gasteiger partial charge is 0.236 e. The normalized spacial score (nSPS) is 19.0. The molecule has 0 aliphatic carbocycles. The van der Waals surface area contributed by atoms with Crippen molar-refractivity contribution < 1.29 is 13.2 Å². The first-order valence-corrected chi connectivity index (χ1v) is 9.68. The highest BCUT2D eigenvalue weighted by Crippen LogP contribution is 2.13. The first kappa shape index (κ1) is 17.7. The van der Waals surface area contributed by atoms with Crippen molar-refractivity contribution in [1.82, 2.24) is 9.62 Å². The highest BCUT2D eigenvalue weighted by atomic mass is 32.2. The zero-order chi connectivity index (χ0) is 15.2. The van der Waals surface area contributed by atoms with Crippen LogP contribution in [0.3, 0.4) is 0 Å². The largest absolute Gasteiger partial charge is 0.354 e. The summed E-state index contributed by atoms with van der Waals surface area (Å²) in [7, 11) is -3.26. The van der Waals surface area contributed by atoms with Crippen molar-refractivity contribution >= 4 is 27.7 Å². The number of hydrogen-bond acceptors (Lipinski definition) is 5. The van der Waals surface area contributed by atoms with E-state index in [4.69, 9.17) is 5.73 Å². The molecule has 0 spiro atoms. The summed E-state index contributed by atoms with van der Waals surface area (Å²) in [5, 5.41) is 2.61. The molecule has 1 fully saturated rings. The standard InChI is InChI=1S/C12H25N3O3S2/c1-10(2)9-11(13)12(16)14-3-8-20(17,18)15-4-6-19-7-5-15/h10-11H,3-9,13H2,1-2H3,(H,14,16)/t11-/m0/s1. The number of nitrogens with one attached hydrogen (secondary N) is 1. The van der Waals surface area contributed by atoms with Crippen LogP contribution in [0, 0.1) is 5.92 Å². The molecule has 1 aliphatic heterocycles. The average molecular weight is 323 g/mol. The molecule has 0 aromatic carbocycles. The quantitative estimate of drug-likeness (QED) is 0.680. The predicted octanol–water partition coefficient (Wildman–Crippen LogP) is -0.145. The summed E-state index contributed by atoms with van der Waals surface area (Å²) in [5.41, 5.74) is 5.74. The molecule has 1 aliphatic rings. The molecule has 1 atom stereocenters. The Morgan fingerprint density at radius 3 is 2.50 bits per heavy atom. The number of sulfonamides is 1. The Labute approximate surface area is 125 Å². The summed E-state index contributed by atoms with van der Waals surface area (Å²) >= 11 is 1.76. The van der Waals surface area contributed by atoms with E-state index in [-0.39, 0.29) is 18.2 Å². The molecule has 1 rings (SSSR count). The van der Waals surface area contributed by atoms with Crippen LogP contribution >= 0.6 is 11.8 Å². The molecule has 8 heteroatoms. The maximum atomic E-state index is 12.0. The van der Waals surface area contributed by atoms with Gasteiger partial charge in [-0.1, -0.05) is 13.8 Å². The van der Waals surface area contributed by atoms with E-state index < -0.39 is 16.1 Å². The van der Waals surface area contributed by atoms with Crippen molar-refractivity contribution in [2.75, 3.05) is 36.9 Å². The maximum absolute atomic E-state index is 12.0. The van der Waals surface area contributed by atoms with Crippen LogP contribution in [0.15, 0.2) is 0 Å². The predicted molar refractivity (Wildman–Crippen MR) is 83.1 cm³/mol. The Morgan fingerprint density at radius 2 is 1.95 bits per heavy atom. The second kappa shape index (κ2) is 8.21. The van der Waals surface area contributed by atoms with Crippen LogP contribution in [0.1, 0.15) is 20.3 Å². The Bertz CT molecular complexity index is 406. The Hall–Kier alpha value is -0.310. The minimum absolute atomic E-state index is 0.0577. The monoisotopic (exact) mass is 323 g/mol. The third-order valence-corrected chi connectivity index (χ3v) is 5.90. The molecule has 0 bridgehead atoms. The Morgan fingerprint density at radius 1 is 1.35 bits per heavy atom. The van der Waals surface area contributed by atoms with Crippen molar-refractivity contribution in [3.05, 3.63) is 0 Å². The molecular weight excluding hydrogens is 298 g/mol. The van der Waals surface area contributed by atoms with Gasteiger partial charge in [0.15, 0.2) is 0 Å². The van der Waals surface area contributed by atoms with Gasteiger partial charge in [0.05, 0.1) is 11.8 Å². The van der Waals surface area contributed by atoms with Crippen LogP contribution in [-0.2, 0) is 14.8 Å². The molecule has 0 radical (unpaired) electrons. The van der Waals surface area contributed by atoms with Crippen LogP contribution in [-0.4, -0.2) is 61.6 Å². The summed E-state index contributed by atoms with van der Waals surface area (Å²) in [6, 6.07) is -0.566. The number of carbonyl (C=O) groups is 1. The summed E-state index contributed by atoms with van der Waals surface area (Å²) < 4.78 is 25.6. The lowest BCUT2D eigenvalue weighted by Crippen LogP contribution is -2.45. The maximum Gasteiger partial charge on any atom is 0.236 e. The van der Waals surface area contributed by atoms with Gasteiger partial charge in [-0.25, -0.2) is 12.7 Å². The summed E-state index contributed by atoms with van der Waals surface area (Å²) in [5.74, 6) is 1.68. The number of thioether (sulfide) groups is 1. The van der Waals surface area contributed by atoms with E-state index in [9.17, 15) is 13.2 Å². The van der Waals surface area contributed by atoms with E-state index >= 15 is 0 Å². The molecule has 1 saturated heterocycles. The first-order chi connectivity index (χ1) is 9.33. The zero-order valence-corrected chi connectivity index (χ0v) is 13.8. The second-order valence-corrected chi connectivity index (χ2v) is 8.67. The highest BCUT2D eigenvalue weighted by Gasteiger charge is 2.24. The van der Waals surface area contributed by atoms with Crippen molar-refractivity contribution in [3.63, 3.8) is 0 Å². The number of rotatable bonds is 7. The number of hydrogen-bond donors (Lipinski definition) is 2. The SMILES string of the molecule is CC(C)C[C@H](N)C(=O)NCCS(=O)(=O)N1CCSCC1. The molecule has 1 heterocycles. The van der Waals surface area contributed by atoms with Gasteiger partial charge < -0.3 is 11.1 Å². The molecule has 0 unspecified atom stereocenters. The van der Waals surface area contributed by atoms with Gasteiger partial charge in [0.2, 0.25) is 15.9 Å². The van der Waals surface area contributed by atoms with Gasteiger partial charge in [-0.15, -0.1) is 0 Å². The van der Waals surface area contributed by atoms with E-state index in [0.717, 1.165) is 11.5 Å². The van der Waals surface area contributed by atoms with Crippen molar-refractivity contribution in [2.45, 2.75) is 26.3 Å². The number of nitrogens with two attached hydrogens (primary N) is 1. The lowest BCUT2D eigenvalue weighted by molar-refractivity contribution is -0.122. The fourth-order valence-corrected chi connectivity index (χ4v) is 4.49. The summed E-state index contributed by atoms with van der Waals surface area (Å²) in [6.07, 6.45) is 0.599. The van der Waals surface area contributed by atoms with Gasteiger partial charge >= 0.3 is 0 Å². The van der Waals surface area contributed by atoms with Gasteiger partial charge in [-0.3, -0.25) is 4.79 Å². The average Bonchev–Trinajstić information content (AvgIpc) is 2.38. The highest BCUT2D eigenvalue weighted by molar-refractivity contribution is 7.99. The van der Waals surface area contributed by atoms with Crippen molar-refractivity contribution in [2.24, 2.45) is 11.7 Å². The van der Waals surface area contributed by atoms with Gasteiger partial charge in [-0.2, -0.15) is 11.8 Å². The fourth-order valence-electron chi connectivity index (χ4n) is 2.00. The fraction of sp³-hybridized carbons (Fsp3) is 0.917. The Balaban J connectivity index is 2.33. The molecule has 3 N–H and O–H groups in total. The van der Waals surface area contributed by atoms with Gasteiger partial charge in [-0.05, 0) is 12.3 Å². The van der Waals surface area contributed by atoms with Crippen LogP contribution in [0.5, 0.6) is 0 Å². The van der Waals surface area contributed by atoms with Crippen LogP contribution in [0.25, 0.3) is 0 Å². The molecule has 0 aromatic rings. The molecule has 0 aromatic heterocycles. The van der Waals surface area contributed by atoms with E-state index in [1.165, 1.54) is 4.31 Å². The number of nitrogens with zero attached hydrogens (tertiary/aromatic N) is 1. The van der Waals surface area contributed by atoms with Gasteiger partial charge in [0, 0.05) is 31.1 Å². The molecule has 0 saturated carbocycles. The number of amides is 1. The van der Waals surface area contributed by atoms with Gasteiger partial charge in [0.1, 0.15) is 0 Å². The second-order valence-electron chi connectivity index (χ2n) is 5.35. The summed E-state index contributed by atoms with van der Waals surface area (Å²) in [6.45, 7) is 5.23. The first-order valence-electron chi connectivity index (χ1n) is 6.92. The van der Waals surface area contributed by atoms with E-state index in [0.29, 0.717) is 25.4 Å². The van der Waals surface area contributed by atoms with Crippen molar-refractivity contribution in [3.8, 4) is 0 Å². The molecular formula is C12H25N3O3S2.